The number of rotatable bonds is 7. The van der Waals surface area contributed by atoms with Crippen LogP contribution in [0.4, 0.5) is 5.69 Å². The van der Waals surface area contributed by atoms with Crippen LogP contribution < -0.4 is 15.2 Å². The molecule has 0 spiro atoms. The smallest absolute Gasteiger partial charge is 0.295 e. The maximum Gasteiger partial charge on any atom is 0.295 e. The second-order valence-corrected chi connectivity index (χ2v) is 11.2. The highest BCUT2D eigenvalue weighted by atomic mass is 32.3. The van der Waals surface area contributed by atoms with Crippen molar-refractivity contribution in [3.05, 3.63) is 18.2 Å². The van der Waals surface area contributed by atoms with Crippen LogP contribution >= 0.6 is 0 Å². The molecule has 0 aromatic heterocycles. The third-order valence-corrected chi connectivity index (χ3v) is 9.22. The number of benzene rings is 1. The molecule has 1 aromatic carbocycles. The van der Waals surface area contributed by atoms with E-state index >= 15 is 0 Å². The molecule has 1 saturated carbocycles. The lowest BCUT2D eigenvalue weighted by molar-refractivity contribution is -0.118. The van der Waals surface area contributed by atoms with Crippen molar-refractivity contribution < 1.29 is 31.8 Å². The van der Waals surface area contributed by atoms with E-state index in [0.717, 1.165) is 44.2 Å². The Balaban J connectivity index is 1.70. The monoisotopic (exact) mass is 462 g/mol. The van der Waals surface area contributed by atoms with Gasteiger partial charge in [0, 0.05) is 11.8 Å². The molecule has 168 valence electrons. The lowest BCUT2D eigenvalue weighted by Gasteiger charge is -2.26. The van der Waals surface area contributed by atoms with Gasteiger partial charge in [-0.1, -0.05) is 23.4 Å². The van der Waals surface area contributed by atoms with E-state index in [-0.39, 0.29) is 11.6 Å². The van der Waals surface area contributed by atoms with Crippen LogP contribution in [0.25, 0.3) is 0 Å². The van der Waals surface area contributed by atoms with Crippen LogP contribution in [0.1, 0.15) is 39.0 Å². The van der Waals surface area contributed by atoms with Gasteiger partial charge in [0.2, 0.25) is 5.91 Å². The van der Waals surface area contributed by atoms with E-state index in [0.29, 0.717) is 4.31 Å². The number of aliphatic hydroxyl groups is 1. The Bertz CT molecular complexity index is 1010. The van der Waals surface area contributed by atoms with Crippen molar-refractivity contribution in [1.82, 2.24) is 8.43 Å². The molecular formula is C17H26N4O7S2. The number of carbonyl (C=O) groups excluding carboxylic acids is 1. The highest BCUT2D eigenvalue weighted by Crippen LogP contribution is 2.31. The number of nitrogens with two attached hydrogens (primary N) is 1. The van der Waals surface area contributed by atoms with Crippen LogP contribution in [0.2, 0.25) is 0 Å². The van der Waals surface area contributed by atoms with Crippen LogP contribution in [0.5, 0.6) is 5.75 Å². The molecule has 1 heterocycles. The van der Waals surface area contributed by atoms with Crippen LogP contribution in [0, 0.1) is 5.92 Å². The SMILES string of the molecule is C[C@H]1[C@H](O)N1S(=O)(=O)NS(=O)(=O)c1ccc(NC(=O)[C@@H](N)C2CCCCC2)cc1O. The molecule has 1 amide bonds. The van der Waals surface area contributed by atoms with Gasteiger partial charge in [-0.3, -0.25) is 4.79 Å². The van der Waals surface area contributed by atoms with Gasteiger partial charge in [0.25, 0.3) is 20.2 Å². The van der Waals surface area contributed by atoms with E-state index in [9.17, 15) is 31.8 Å². The number of anilines is 1. The van der Waals surface area contributed by atoms with E-state index in [1.165, 1.54) is 17.1 Å². The Hall–Kier alpha value is -1.77. The number of phenolic OH excluding ortho intramolecular Hbond substituents is 1. The Kier molecular flexibility index (Phi) is 6.41. The molecule has 0 bridgehead atoms. The summed E-state index contributed by atoms with van der Waals surface area (Å²) >= 11 is 0. The second-order valence-electron chi connectivity index (χ2n) is 7.67. The first-order valence-electron chi connectivity index (χ1n) is 9.58. The molecular weight excluding hydrogens is 436 g/mol. The van der Waals surface area contributed by atoms with E-state index in [1.54, 1.807) is 0 Å². The van der Waals surface area contributed by atoms with Gasteiger partial charge in [0.05, 0.1) is 12.1 Å². The van der Waals surface area contributed by atoms with E-state index < -0.39 is 55.1 Å². The number of aliphatic hydroxyl groups excluding tert-OH is 1. The summed E-state index contributed by atoms with van der Waals surface area (Å²) in [5.41, 5.74) is 6.16. The average Bonchev–Trinajstić information content (AvgIpc) is 3.28. The molecule has 1 aliphatic carbocycles. The quantitative estimate of drug-likeness (QED) is 0.345. The van der Waals surface area contributed by atoms with Crippen LogP contribution in [0.15, 0.2) is 23.1 Å². The molecule has 2 fully saturated rings. The van der Waals surface area contributed by atoms with Gasteiger partial charge in [-0.05, 0) is 37.8 Å². The molecule has 11 nitrogen and oxygen atoms in total. The molecule has 0 radical (unpaired) electrons. The number of phenols is 1. The molecule has 30 heavy (non-hydrogen) atoms. The minimum absolute atomic E-state index is 0.0663. The molecule has 13 heteroatoms. The van der Waals surface area contributed by atoms with Gasteiger partial charge in [-0.15, -0.1) is 0 Å². The zero-order chi connectivity index (χ0) is 22.3. The van der Waals surface area contributed by atoms with E-state index in [2.05, 4.69) is 5.32 Å². The van der Waals surface area contributed by atoms with Crippen molar-refractivity contribution in [3.63, 3.8) is 0 Å². The summed E-state index contributed by atoms with van der Waals surface area (Å²) in [4.78, 5) is 11.7. The largest absolute Gasteiger partial charge is 0.506 e. The lowest BCUT2D eigenvalue weighted by Crippen LogP contribution is -2.42. The second kappa shape index (κ2) is 8.40. The fraction of sp³-hybridized carbons (Fsp3) is 0.588. The Morgan fingerprint density at radius 3 is 2.33 bits per heavy atom. The number of amides is 1. The number of carbonyl (C=O) groups is 1. The van der Waals surface area contributed by atoms with Crippen molar-refractivity contribution in [2.45, 2.75) is 62.2 Å². The lowest BCUT2D eigenvalue weighted by atomic mass is 9.84. The van der Waals surface area contributed by atoms with Crippen molar-refractivity contribution >= 4 is 31.8 Å². The highest BCUT2D eigenvalue weighted by molar-refractivity contribution is 8.03. The Morgan fingerprint density at radius 1 is 1.20 bits per heavy atom. The summed E-state index contributed by atoms with van der Waals surface area (Å²) in [6.07, 6.45) is 3.57. The normalized spacial score (nSPS) is 26.2. The average molecular weight is 463 g/mol. The van der Waals surface area contributed by atoms with Crippen molar-refractivity contribution in [3.8, 4) is 5.75 Å². The molecule has 1 saturated heterocycles. The standard InChI is InChI=1S/C17H26N4O7S2/c1-10-17(24)21(10)30(27,28)20-29(25,26)14-8-7-12(9-13(14)22)19-16(23)15(18)11-5-3-2-4-6-11/h7-11,15,17,20,22,24H,2-6,18H2,1H3,(H,19,23)/t10-,15-,17-,21?/m0/s1. The van der Waals surface area contributed by atoms with Gasteiger partial charge in [0.15, 0.2) is 0 Å². The maximum absolute atomic E-state index is 12.4. The van der Waals surface area contributed by atoms with Gasteiger partial charge in [-0.2, -0.15) is 12.7 Å². The molecule has 4 atom stereocenters. The first kappa shape index (κ1) is 22.9. The summed E-state index contributed by atoms with van der Waals surface area (Å²) in [5, 5.41) is 22.1. The third kappa shape index (κ3) is 4.76. The van der Waals surface area contributed by atoms with E-state index in [4.69, 9.17) is 5.73 Å². The van der Waals surface area contributed by atoms with Gasteiger partial charge < -0.3 is 21.3 Å². The molecule has 1 aliphatic heterocycles. The summed E-state index contributed by atoms with van der Waals surface area (Å²) in [6.45, 7) is 1.41. The van der Waals surface area contributed by atoms with Gasteiger partial charge in [-0.25, -0.2) is 8.42 Å². The first-order chi connectivity index (χ1) is 13.9. The zero-order valence-electron chi connectivity index (χ0n) is 16.4. The van der Waals surface area contributed by atoms with Gasteiger partial charge in [0.1, 0.15) is 16.9 Å². The van der Waals surface area contributed by atoms with Gasteiger partial charge >= 0.3 is 0 Å². The summed E-state index contributed by atoms with van der Waals surface area (Å²) in [7, 11) is -9.17. The predicted octanol–water partition coefficient (Wildman–Crippen LogP) is -0.216. The van der Waals surface area contributed by atoms with Crippen LogP contribution in [-0.4, -0.2) is 55.6 Å². The molecule has 3 rings (SSSR count). The number of hydrogen-bond donors (Lipinski definition) is 5. The van der Waals surface area contributed by atoms with Crippen molar-refractivity contribution in [2.24, 2.45) is 11.7 Å². The fourth-order valence-corrected chi connectivity index (χ4v) is 7.00. The minimum atomic E-state index is -4.66. The molecule has 6 N–H and O–H groups in total. The minimum Gasteiger partial charge on any atom is -0.506 e. The van der Waals surface area contributed by atoms with Crippen molar-refractivity contribution in [1.29, 1.82) is 0 Å². The van der Waals surface area contributed by atoms with Crippen LogP contribution in [-0.2, 0) is 25.0 Å². The summed E-state index contributed by atoms with van der Waals surface area (Å²) in [6, 6.07) is 1.72. The number of nitrogens with zero attached hydrogens (tertiary/aromatic N) is 1. The third-order valence-electron chi connectivity index (χ3n) is 5.47. The van der Waals surface area contributed by atoms with E-state index in [1.807, 2.05) is 0 Å². The highest BCUT2D eigenvalue weighted by Gasteiger charge is 2.52. The van der Waals surface area contributed by atoms with Crippen LogP contribution in [0.3, 0.4) is 0 Å². The molecule has 1 aromatic rings. The Morgan fingerprint density at radius 2 is 1.80 bits per heavy atom. The first-order valence-corrected chi connectivity index (χ1v) is 12.5. The molecule has 2 aliphatic rings. The number of aromatic hydroxyl groups is 1. The number of sulfonamides is 1. The summed E-state index contributed by atoms with van der Waals surface area (Å²) < 4.78 is 51.0. The van der Waals surface area contributed by atoms with Crippen molar-refractivity contribution in [2.75, 3.05) is 5.32 Å². The number of hydrogen-bond acceptors (Lipinski definition) is 8. The maximum atomic E-state index is 12.4. The summed E-state index contributed by atoms with van der Waals surface area (Å²) in [5.74, 6) is -1.13. The molecule has 1 unspecified atom stereocenters. The fourth-order valence-electron chi connectivity index (χ4n) is 3.65. The predicted molar refractivity (Wildman–Crippen MR) is 108 cm³/mol. The number of nitrogens with one attached hydrogen (secondary N) is 2. The Labute approximate surface area is 175 Å². The topological polar surface area (TPSA) is 179 Å². The zero-order valence-corrected chi connectivity index (χ0v) is 18.0.